The molecule has 1 aliphatic carbocycles. The van der Waals surface area contributed by atoms with Crippen LogP contribution in [-0.4, -0.2) is 47.5 Å². The van der Waals surface area contributed by atoms with Crippen LogP contribution in [0.15, 0.2) is 18.2 Å². The Balaban J connectivity index is 1.53. The highest BCUT2D eigenvalue weighted by Crippen LogP contribution is 2.30. The van der Waals surface area contributed by atoms with Gasteiger partial charge >= 0.3 is 0 Å². The van der Waals surface area contributed by atoms with Crippen LogP contribution in [0.2, 0.25) is 0 Å². The molecular weight excluding hydrogens is 285 g/mol. The molecule has 3 rings (SSSR count). The normalized spacial score (nSPS) is 20.6. The quantitative estimate of drug-likeness (QED) is 0.843. The van der Waals surface area contributed by atoms with Gasteiger partial charge in [0.1, 0.15) is 10.8 Å². The van der Waals surface area contributed by atoms with Crippen molar-refractivity contribution >= 4 is 17.2 Å². The van der Waals surface area contributed by atoms with Crippen molar-refractivity contribution in [1.82, 2.24) is 9.80 Å². The van der Waals surface area contributed by atoms with E-state index in [1.807, 2.05) is 6.07 Å². The molecule has 1 aromatic rings. The molecule has 0 spiro atoms. The van der Waals surface area contributed by atoms with Gasteiger partial charge in [0.2, 0.25) is 0 Å². The van der Waals surface area contributed by atoms with Gasteiger partial charge in [-0.2, -0.15) is 0 Å². The first-order chi connectivity index (χ1) is 10.1. The lowest BCUT2D eigenvalue weighted by Crippen LogP contribution is -2.46. The number of rotatable bonds is 5. The highest BCUT2D eigenvalue weighted by atomic mass is 32.1. The Morgan fingerprint density at radius 1 is 1.19 bits per heavy atom. The molecule has 0 bridgehead atoms. The van der Waals surface area contributed by atoms with Crippen molar-refractivity contribution in [2.45, 2.75) is 19.4 Å². The Morgan fingerprint density at radius 3 is 2.43 bits per heavy atom. The summed E-state index contributed by atoms with van der Waals surface area (Å²) in [6, 6.07) is 5.06. The first-order valence-electron chi connectivity index (χ1n) is 7.65. The molecule has 2 fully saturated rings. The summed E-state index contributed by atoms with van der Waals surface area (Å²) in [5.74, 6) is 0.738. The first kappa shape index (κ1) is 14.9. The predicted molar refractivity (Wildman–Crippen MR) is 86.7 cm³/mol. The topological polar surface area (TPSA) is 32.5 Å². The summed E-state index contributed by atoms with van der Waals surface area (Å²) in [5.41, 5.74) is 6.85. The van der Waals surface area contributed by atoms with Crippen LogP contribution in [0.3, 0.4) is 0 Å². The van der Waals surface area contributed by atoms with Crippen LogP contribution in [0.25, 0.3) is 0 Å². The maximum Gasteiger partial charge on any atom is 0.128 e. The molecule has 2 N–H and O–H groups in total. The van der Waals surface area contributed by atoms with Crippen molar-refractivity contribution < 1.29 is 4.39 Å². The van der Waals surface area contributed by atoms with Gasteiger partial charge in [0.25, 0.3) is 0 Å². The number of piperazine rings is 1. The van der Waals surface area contributed by atoms with Crippen molar-refractivity contribution in [2.75, 3.05) is 32.7 Å². The van der Waals surface area contributed by atoms with Gasteiger partial charge in [-0.1, -0.05) is 24.4 Å². The van der Waals surface area contributed by atoms with Crippen LogP contribution in [0.1, 0.15) is 24.0 Å². The highest BCUT2D eigenvalue weighted by Gasteiger charge is 2.26. The third kappa shape index (κ3) is 3.99. The zero-order valence-electron chi connectivity index (χ0n) is 12.2. The zero-order chi connectivity index (χ0) is 14.8. The molecule has 0 aromatic heterocycles. The Morgan fingerprint density at radius 2 is 1.86 bits per heavy atom. The molecule has 3 nitrogen and oxygen atoms in total. The Bertz CT molecular complexity index is 522. The summed E-state index contributed by atoms with van der Waals surface area (Å²) in [4.78, 5) is 5.11. The van der Waals surface area contributed by atoms with Crippen LogP contribution in [-0.2, 0) is 6.54 Å². The second-order valence-corrected chi connectivity index (χ2v) is 6.63. The molecular formula is C16H22FN3S. The fraction of sp³-hybridized carbons (Fsp3) is 0.562. The monoisotopic (exact) mass is 307 g/mol. The van der Waals surface area contributed by atoms with E-state index < -0.39 is 0 Å². The largest absolute Gasteiger partial charge is 0.389 e. The van der Waals surface area contributed by atoms with E-state index >= 15 is 0 Å². The number of hydrogen-bond donors (Lipinski definition) is 1. The van der Waals surface area contributed by atoms with Crippen LogP contribution >= 0.6 is 12.2 Å². The third-order valence-electron chi connectivity index (χ3n) is 4.41. The van der Waals surface area contributed by atoms with Crippen LogP contribution < -0.4 is 5.73 Å². The smallest absolute Gasteiger partial charge is 0.128 e. The van der Waals surface area contributed by atoms with E-state index in [-0.39, 0.29) is 10.8 Å². The van der Waals surface area contributed by atoms with Gasteiger partial charge in [0.15, 0.2) is 0 Å². The number of halogens is 1. The molecule has 1 saturated carbocycles. The lowest BCUT2D eigenvalue weighted by molar-refractivity contribution is 0.122. The standard InChI is InChI=1S/C16H22FN3S/c17-15-9-13(16(18)21)3-4-14(15)11-20-7-5-19(6-8-20)10-12-1-2-12/h3-4,9,12H,1-2,5-8,10-11H2,(H2,18,21). The van der Waals surface area contributed by atoms with Crippen molar-refractivity contribution in [2.24, 2.45) is 11.7 Å². The molecule has 0 amide bonds. The molecule has 1 aromatic carbocycles. The molecule has 0 radical (unpaired) electrons. The zero-order valence-corrected chi connectivity index (χ0v) is 13.0. The summed E-state index contributed by atoms with van der Waals surface area (Å²) >= 11 is 4.87. The molecule has 1 saturated heterocycles. The minimum Gasteiger partial charge on any atom is -0.389 e. The number of nitrogens with zero attached hydrogens (tertiary/aromatic N) is 2. The predicted octanol–water partition coefficient (Wildman–Crippen LogP) is 1.99. The van der Waals surface area contributed by atoms with E-state index in [2.05, 4.69) is 9.80 Å². The fourth-order valence-corrected chi connectivity index (χ4v) is 2.99. The van der Waals surface area contributed by atoms with Crippen LogP contribution in [0.4, 0.5) is 4.39 Å². The number of thiocarbonyl (C=S) groups is 1. The minimum absolute atomic E-state index is 0.208. The molecule has 0 unspecified atom stereocenters. The second kappa shape index (κ2) is 6.38. The molecule has 1 heterocycles. The SMILES string of the molecule is NC(=S)c1ccc(CN2CCN(CC3CC3)CC2)c(F)c1. The summed E-state index contributed by atoms with van der Waals surface area (Å²) < 4.78 is 14.1. The Hall–Kier alpha value is -1.04. The van der Waals surface area contributed by atoms with Crippen LogP contribution in [0, 0.1) is 11.7 Å². The lowest BCUT2D eigenvalue weighted by Gasteiger charge is -2.34. The Labute approximate surface area is 130 Å². The molecule has 0 atom stereocenters. The lowest BCUT2D eigenvalue weighted by atomic mass is 10.1. The summed E-state index contributed by atoms with van der Waals surface area (Å²) in [6.45, 7) is 6.16. The van der Waals surface area contributed by atoms with Gasteiger partial charge in [-0.3, -0.25) is 4.90 Å². The van der Waals surface area contributed by atoms with Gasteiger partial charge in [0.05, 0.1) is 0 Å². The molecule has 1 aliphatic heterocycles. The maximum atomic E-state index is 14.1. The van der Waals surface area contributed by atoms with E-state index in [4.69, 9.17) is 18.0 Å². The molecule has 2 aliphatic rings. The average Bonchev–Trinajstić information content (AvgIpc) is 3.27. The van der Waals surface area contributed by atoms with Gasteiger partial charge in [-0.15, -0.1) is 0 Å². The van der Waals surface area contributed by atoms with Crippen LogP contribution in [0.5, 0.6) is 0 Å². The number of nitrogens with two attached hydrogens (primary N) is 1. The summed E-state index contributed by atoms with van der Waals surface area (Å²) in [7, 11) is 0. The number of hydrogen-bond acceptors (Lipinski definition) is 3. The fourth-order valence-electron chi connectivity index (χ4n) is 2.87. The molecule has 21 heavy (non-hydrogen) atoms. The van der Waals surface area contributed by atoms with Gasteiger partial charge in [-0.25, -0.2) is 4.39 Å². The van der Waals surface area contributed by atoms with Crippen molar-refractivity contribution in [3.63, 3.8) is 0 Å². The molecule has 114 valence electrons. The van der Waals surface area contributed by atoms with E-state index in [9.17, 15) is 4.39 Å². The minimum atomic E-state index is -0.208. The average molecular weight is 307 g/mol. The van der Waals surface area contributed by atoms with E-state index in [1.165, 1.54) is 25.5 Å². The van der Waals surface area contributed by atoms with Crippen molar-refractivity contribution in [3.8, 4) is 0 Å². The maximum absolute atomic E-state index is 14.1. The first-order valence-corrected chi connectivity index (χ1v) is 8.05. The number of benzene rings is 1. The van der Waals surface area contributed by atoms with E-state index in [1.54, 1.807) is 6.07 Å². The highest BCUT2D eigenvalue weighted by molar-refractivity contribution is 7.80. The second-order valence-electron chi connectivity index (χ2n) is 6.19. The van der Waals surface area contributed by atoms with Gasteiger partial charge in [0, 0.05) is 50.4 Å². The van der Waals surface area contributed by atoms with Gasteiger partial charge in [-0.05, 0) is 24.8 Å². The Kier molecular flexibility index (Phi) is 4.52. The summed E-state index contributed by atoms with van der Waals surface area (Å²) in [6.07, 6.45) is 2.81. The van der Waals surface area contributed by atoms with Crippen molar-refractivity contribution in [1.29, 1.82) is 0 Å². The molecule has 5 heteroatoms. The third-order valence-corrected chi connectivity index (χ3v) is 4.65. The summed E-state index contributed by atoms with van der Waals surface area (Å²) in [5, 5.41) is 0. The van der Waals surface area contributed by atoms with E-state index in [0.29, 0.717) is 12.1 Å². The van der Waals surface area contributed by atoms with Crippen molar-refractivity contribution in [3.05, 3.63) is 35.1 Å². The van der Waals surface area contributed by atoms with E-state index in [0.717, 1.165) is 37.7 Å². The van der Waals surface area contributed by atoms with Gasteiger partial charge < -0.3 is 10.6 Å².